The number of ketones is 1. The molecule has 0 spiro atoms. The summed E-state index contributed by atoms with van der Waals surface area (Å²) in [5.74, 6) is -4.95. The minimum atomic E-state index is -1.03. The number of hydrogen-bond donors (Lipinski definition) is 8. The first-order valence-electron chi connectivity index (χ1n) is 43.5. The van der Waals surface area contributed by atoms with Crippen LogP contribution in [-0.2, 0) is 97.5 Å². The molecule has 28 heteroatoms. The molecule has 0 aliphatic carbocycles. The average molecular weight is 1890 g/mol. The van der Waals surface area contributed by atoms with Crippen molar-refractivity contribution in [2.75, 3.05) is 44.6 Å². The third-order valence-corrected chi connectivity index (χ3v) is 22.3. The summed E-state index contributed by atoms with van der Waals surface area (Å²) >= 11 is 0. The van der Waals surface area contributed by atoms with Gasteiger partial charge in [0.1, 0.15) is 24.7 Å². The molecule has 3 amide bonds. The summed E-state index contributed by atoms with van der Waals surface area (Å²) in [6, 6.07) is 87.1. The summed E-state index contributed by atoms with van der Waals surface area (Å²) in [7, 11) is 0. The van der Waals surface area contributed by atoms with Crippen LogP contribution in [0.4, 0.5) is 17.1 Å². The molecule has 694 valence electrons. The largest absolute Gasteiger partial charge is 2.00 e. The number of halogens is 1. The van der Waals surface area contributed by atoms with E-state index in [1.165, 1.54) is 22.8 Å². The Bertz CT molecular complexity index is 5380. The molecule has 5 fully saturated rings. The monoisotopic (exact) mass is 1890 g/mol. The quantitative estimate of drug-likeness (QED) is 0.00866. The molecule has 5 heterocycles. The van der Waals surface area contributed by atoms with Gasteiger partial charge in [0.2, 0.25) is 5.91 Å². The van der Waals surface area contributed by atoms with Crippen molar-refractivity contribution in [1.82, 2.24) is 24.9 Å². The maximum atomic E-state index is 13.4. The van der Waals surface area contributed by atoms with Crippen LogP contribution in [0, 0.1) is 0 Å². The minimum absolute atomic E-state index is 0. The fourth-order valence-electron chi connectivity index (χ4n) is 15.8. The van der Waals surface area contributed by atoms with E-state index >= 15 is 0 Å². The molecule has 5 aliphatic heterocycles. The molecule has 0 radical (unpaired) electrons. The molecule has 5 aliphatic rings. The predicted molar refractivity (Wildman–Crippen MR) is 510 cm³/mol. The second-order valence-corrected chi connectivity index (χ2v) is 31.6. The molecule has 5 saturated heterocycles. The van der Waals surface area contributed by atoms with E-state index in [-0.39, 0.29) is 112 Å². The van der Waals surface area contributed by atoms with E-state index in [1.54, 1.807) is 42.5 Å². The van der Waals surface area contributed by atoms with Crippen molar-refractivity contribution < 1.29 is 102 Å². The Hall–Kier alpha value is -12.5. The van der Waals surface area contributed by atoms with Crippen LogP contribution in [0.25, 0.3) is 10.6 Å². The van der Waals surface area contributed by atoms with E-state index < -0.39 is 41.9 Å². The number of carboxylic acid groups (broad SMARTS) is 5. The van der Waals surface area contributed by atoms with Gasteiger partial charge in [-0.1, -0.05) is 285 Å². The zero-order chi connectivity index (χ0) is 91.7. The number of carboxylic acids is 5. The minimum Gasteiger partial charge on any atom is -0.625 e. The summed E-state index contributed by atoms with van der Waals surface area (Å²) in [6.45, 7) is 13.9. The number of amides is 3. The van der Waals surface area contributed by atoms with Crippen molar-refractivity contribution in [3.05, 3.63) is 377 Å². The number of benzene rings is 10. The number of aliphatic imine (C=N–C) groups is 2. The molecule has 0 bridgehead atoms. The second kappa shape index (κ2) is 56.9. The van der Waals surface area contributed by atoms with Crippen LogP contribution in [-0.4, -0.2) is 191 Å². The van der Waals surface area contributed by atoms with E-state index in [1.807, 2.05) is 217 Å². The number of hydrogen-bond acceptors (Lipinski definition) is 17. The van der Waals surface area contributed by atoms with Gasteiger partial charge in [-0.3, -0.25) is 58.4 Å². The molecule has 15 rings (SSSR count). The van der Waals surface area contributed by atoms with Gasteiger partial charge >= 0.3 is 62.8 Å². The van der Waals surface area contributed by atoms with Crippen molar-refractivity contribution in [3.8, 4) is 0 Å². The van der Waals surface area contributed by atoms with Crippen molar-refractivity contribution in [2.45, 2.75) is 146 Å². The topological polar surface area (TPSA) is 371 Å². The van der Waals surface area contributed by atoms with Crippen LogP contribution in [0.5, 0.6) is 0 Å². The summed E-state index contributed by atoms with van der Waals surface area (Å²) < 4.78 is 0. The number of carbonyl (C=O) groups is 9. The maximum absolute atomic E-state index is 13.4. The van der Waals surface area contributed by atoms with Crippen LogP contribution >= 0.6 is 12.4 Å². The number of likely N-dealkylation sites (tertiary alicyclic amines) is 4. The number of nitrogens with zero attached hydrogens (tertiary/aromatic N) is 8. The number of anilines is 1. The summed E-state index contributed by atoms with van der Waals surface area (Å²) in [6.07, 6.45) is 12.4. The smallest absolute Gasteiger partial charge is 0.625 e. The van der Waals surface area contributed by atoms with Gasteiger partial charge in [0.05, 0.1) is 47.1 Å². The van der Waals surface area contributed by atoms with E-state index in [2.05, 4.69) is 95.5 Å². The van der Waals surface area contributed by atoms with Gasteiger partial charge in [0.15, 0.2) is 11.8 Å². The van der Waals surface area contributed by atoms with Crippen LogP contribution in [0.2, 0.25) is 0 Å². The standard InChI is InChI=1S/C30H31N3O3.C27H27N3O3.C25H24N2O2.C12H15NO2.2C5H9NO2.ClH.2Ni/c1-2-12-26(30(35)36)31-28(23-15-7-4-8-16-23)24-17-9-10-18-25(24)32-29(34)27-19-11-20-33(27)21-22-13-5-3-6-14-22;31-25(32)18-28-26(21-12-5-2-6-13-21)22-14-7-8-15-23(22)29-27(33)24-16-9-17-30(24)19-20-10-3-1-4-11-20;28-24(20-12-5-2-6-13-20)21-14-7-8-15-22(21)26-25(29)23-16-9-17-27(23)18-19-10-3-1-4-11-19;14-12(15)11-7-4-8-13(11)9-10-5-2-1-3-6-10;7-5(8)4-2-1-3-6-4;1-2-3-4(6)5(7)8;;;/h2-10,13-18,26-27H,1,11-12,19-21H2,(H2,31,32,34,35,36);1-8,10-15,24H,9,16-19H2,(H2,28,29,31,32,33);1-8,10-15,23H,9,16-18H2,(H,26,29);1-3,5-6,11H,4,7-9H2,(H,14,15);4,6H,1-3H2,(H,7,8);2,4H,1,3,6H2,(H,7,8);1H;;/q;;;;;;;2*+2/p-2/t26-,27?;;23-;11-;2*4-;;;/m0.0000.../s1. The van der Waals surface area contributed by atoms with Gasteiger partial charge < -0.3 is 62.1 Å². The molecule has 0 aromatic heterocycles. The van der Waals surface area contributed by atoms with Gasteiger partial charge in [-0.2, -0.15) is 0 Å². The van der Waals surface area contributed by atoms with E-state index in [9.17, 15) is 53.4 Å². The van der Waals surface area contributed by atoms with Crippen LogP contribution < -0.4 is 16.4 Å². The first-order chi connectivity index (χ1) is 62.7. The van der Waals surface area contributed by atoms with Gasteiger partial charge in [-0.15, -0.1) is 36.9 Å². The normalized spacial score (nSPS) is 17.3. The van der Waals surface area contributed by atoms with Crippen LogP contribution in [0.15, 0.2) is 320 Å². The molecule has 7 atom stereocenters. The third kappa shape index (κ3) is 33.4. The SMILES string of the molecule is C=CC[C@H](N)C(=O)O.C=CC[C@H](N=C(c1ccccc1)c1ccccc1[N-]C(=O)C1CCCN1Cc1ccccc1)C(=O)O.Cl.O=C(O)CN=C(c1ccccc1)c1ccccc1[N-]C(=O)C1CCCN1Cc1ccccc1.O=C(O)[C@@H]1CCCN1.O=C(O)[C@@H]1CCCN1Cc1ccccc1.O=C(c1ccccc1)c1ccccc1NC(=O)[C@@H]1CCCN1Cc1ccccc1.[Ni+2].[Ni+2]. The predicted octanol–water partition coefficient (Wildman–Crippen LogP) is 17.0. The Morgan fingerprint density at radius 2 is 0.773 bits per heavy atom. The van der Waals surface area contributed by atoms with Gasteiger partial charge in [0.25, 0.3) is 0 Å². The molecule has 2 unspecified atom stereocenters. The fourth-order valence-corrected chi connectivity index (χ4v) is 15.8. The number of aliphatic carboxylic acids is 5. The summed E-state index contributed by atoms with van der Waals surface area (Å²) in [5.41, 5.74) is 16.3. The number of nitrogens with one attached hydrogen (secondary N) is 2. The Kier molecular flexibility index (Phi) is 45.9. The second-order valence-electron chi connectivity index (χ2n) is 31.6. The van der Waals surface area contributed by atoms with Gasteiger partial charge in [-0.25, -0.2) is 4.79 Å². The zero-order valence-corrected chi connectivity index (χ0v) is 76.2. The molecule has 10 aromatic rings. The Labute approximate surface area is 798 Å². The molecule has 10 aromatic carbocycles. The van der Waals surface area contributed by atoms with Crippen molar-refractivity contribution in [2.24, 2.45) is 15.7 Å². The van der Waals surface area contributed by atoms with E-state index in [4.69, 9.17) is 21.1 Å². The molecule has 132 heavy (non-hydrogen) atoms. The fraction of sp³-hybridized carbons (Fsp3) is 0.279. The molecular formula is C104H114ClN11Ni2O14+2. The van der Waals surface area contributed by atoms with Gasteiger partial charge in [-0.05, 0) is 155 Å². The van der Waals surface area contributed by atoms with E-state index in [0.717, 1.165) is 127 Å². The van der Waals surface area contributed by atoms with E-state index in [0.29, 0.717) is 70.2 Å². The molecule has 25 nitrogen and oxygen atoms in total. The Morgan fingerprint density at radius 1 is 0.417 bits per heavy atom. The molecule has 0 saturated carbocycles. The van der Waals surface area contributed by atoms with Crippen molar-refractivity contribution in [1.29, 1.82) is 0 Å². The van der Waals surface area contributed by atoms with Crippen molar-refractivity contribution in [3.63, 3.8) is 0 Å². The molecular weight excluding hydrogens is 1780 g/mol. The Balaban J connectivity index is 0.000000231. The maximum Gasteiger partial charge on any atom is 2.00 e. The number of nitrogens with two attached hydrogens (primary N) is 1. The number of carbonyl (C=O) groups excluding carboxylic acids is 4. The van der Waals surface area contributed by atoms with Gasteiger partial charge in [0, 0.05) is 48.4 Å². The third-order valence-electron chi connectivity index (χ3n) is 22.3. The van der Waals surface area contributed by atoms with Crippen LogP contribution in [0.3, 0.4) is 0 Å². The van der Waals surface area contributed by atoms with Crippen LogP contribution in [0.1, 0.15) is 137 Å². The summed E-state index contributed by atoms with van der Waals surface area (Å²) in [5, 5.41) is 59.3. The molecule has 9 N–H and O–H groups in total. The first-order valence-corrected chi connectivity index (χ1v) is 43.5. The number of rotatable bonds is 31. The average Bonchev–Trinajstić information content (AvgIpc) is 1.37. The van der Waals surface area contributed by atoms with Crippen molar-refractivity contribution >= 4 is 94.2 Å². The zero-order valence-electron chi connectivity index (χ0n) is 73.4. The Morgan fingerprint density at radius 3 is 1.14 bits per heavy atom. The summed E-state index contributed by atoms with van der Waals surface area (Å²) in [4.78, 5) is 124. The first kappa shape index (κ1) is 107. The number of para-hydroxylation sites is 3.